The minimum absolute atomic E-state index is 0.0812. The van der Waals surface area contributed by atoms with Gasteiger partial charge in [0.25, 0.3) is 0 Å². The highest BCUT2D eigenvalue weighted by molar-refractivity contribution is 9.10. The number of rotatable bonds is 3. The lowest BCUT2D eigenvalue weighted by Gasteiger charge is -2.12. The van der Waals surface area contributed by atoms with Crippen LogP contribution in [0.25, 0.3) is 0 Å². The minimum atomic E-state index is -0.0812. The van der Waals surface area contributed by atoms with Crippen LogP contribution in [0, 0.1) is 13.8 Å². The molecule has 0 heterocycles. The van der Waals surface area contributed by atoms with Gasteiger partial charge in [-0.05, 0) is 49.2 Å². The Bertz CT molecular complexity index is 680. The van der Waals surface area contributed by atoms with Crippen molar-refractivity contribution in [2.45, 2.75) is 13.8 Å². The number of halogens is 1. The lowest BCUT2D eigenvalue weighted by molar-refractivity contribution is 0.103. The van der Waals surface area contributed by atoms with Crippen LogP contribution < -0.4 is 10.5 Å². The molecule has 0 aromatic heterocycles. The van der Waals surface area contributed by atoms with Crippen LogP contribution in [0.4, 0.5) is 5.69 Å². The zero-order chi connectivity index (χ0) is 14.9. The first-order valence-corrected chi connectivity index (χ1v) is 6.99. The van der Waals surface area contributed by atoms with Crippen LogP contribution in [0.2, 0.25) is 0 Å². The van der Waals surface area contributed by atoms with E-state index in [4.69, 9.17) is 10.5 Å². The Kier molecular flexibility index (Phi) is 4.14. The number of carbonyl (C=O) groups is 1. The van der Waals surface area contributed by atoms with Crippen molar-refractivity contribution in [2.75, 3.05) is 12.8 Å². The van der Waals surface area contributed by atoms with E-state index in [9.17, 15) is 4.79 Å². The zero-order valence-corrected chi connectivity index (χ0v) is 13.2. The molecular weight excluding hydrogens is 318 g/mol. The summed E-state index contributed by atoms with van der Waals surface area (Å²) in [6.07, 6.45) is 0. The third-order valence-corrected chi connectivity index (χ3v) is 4.10. The van der Waals surface area contributed by atoms with Crippen molar-refractivity contribution < 1.29 is 9.53 Å². The van der Waals surface area contributed by atoms with Crippen molar-refractivity contribution in [1.82, 2.24) is 0 Å². The SMILES string of the molecule is COc1c(N)cccc1C(=O)c1cc(C)c(Br)cc1C. The Labute approximate surface area is 126 Å². The lowest BCUT2D eigenvalue weighted by Crippen LogP contribution is -2.08. The second kappa shape index (κ2) is 5.67. The number of methoxy groups -OCH3 is 1. The predicted octanol–water partition coefficient (Wildman–Crippen LogP) is 3.89. The highest BCUT2D eigenvalue weighted by atomic mass is 79.9. The van der Waals surface area contributed by atoms with Gasteiger partial charge in [-0.2, -0.15) is 0 Å². The first kappa shape index (κ1) is 14.6. The van der Waals surface area contributed by atoms with Crippen molar-refractivity contribution >= 4 is 27.4 Å². The Hall–Kier alpha value is -1.81. The van der Waals surface area contributed by atoms with Crippen LogP contribution >= 0.6 is 15.9 Å². The summed E-state index contributed by atoms with van der Waals surface area (Å²) in [5.74, 6) is 0.347. The Morgan fingerprint density at radius 2 is 1.85 bits per heavy atom. The molecule has 0 radical (unpaired) electrons. The van der Waals surface area contributed by atoms with Gasteiger partial charge < -0.3 is 10.5 Å². The molecule has 0 spiro atoms. The van der Waals surface area contributed by atoms with Gasteiger partial charge in [0, 0.05) is 10.0 Å². The van der Waals surface area contributed by atoms with Gasteiger partial charge in [-0.1, -0.05) is 22.0 Å². The molecule has 0 unspecified atom stereocenters. The summed E-state index contributed by atoms with van der Waals surface area (Å²) in [4.78, 5) is 12.7. The van der Waals surface area contributed by atoms with Gasteiger partial charge in [-0.15, -0.1) is 0 Å². The first-order chi connectivity index (χ1) is 9.45. The van der Waals surface area contributed by atoms with E-state index in [0.717, 1.165) is 15.6 Å². The normalized spacial score (nSPS) is 10.4. The molecule has 0 amide bonds. The number of ether oxygens (including phenoxy) is 1. The Morgan fingerprint density at radius 1 is 1.15 bits per heavy atom. The van der Waals surface area contributed by atoms with Gasteiger partial charge in [0.15, 0.2) is 11.5 Å². The van der Waals surface area contributed by atoms with Crippen LogP contribution in [0.15, 0.2) is 34.8 Å². The number of nitrogen functional groups attached to an aromatic ring is 1. The molecule has 2 aromatic carbocycles. The van der Waals surface area contributed by atoms with E-state index in [1.54, 1.807) is 18.2 Å². The summed E-state index contributed by atoms with van der Waals surface area (Å²) in [5.41, 5.74) is 9.39. The average Bonchev–Trinajstić information content (AvgIpc) is 2.41. The molecule has 0 saturated carbocycles. The number of aryl methyl sites for hydroxylation is 2. The zero-order valence-electron chi connectivity index (χ0n) is 11.7. The third kappa shape index (κ3) is 2.56. The largest absolute Gasteiger partial charge is 0.494 e. The molecule has 20 heavy (non-hydrogen) atoms. The molecule has 0 fully saturated rings. The van der Waals surface area contributed by atoms with Crippen LogP contribution in [-0.4, -0.2) is 12.9 Å². The quantitative estimate of drug-likeness (QED) is 0.684. The first-order valence-electron chi connectivity index (χ1n) is 6.19. The van der Waals surface area contributed by atoms with Crippen molar-refractivity contribution in [3.8, 4) is 5.75 Å². The maximum absolute atomic E-state index is 12.7. The molecule has 2 rings (SSSR count). The molecular formula is C16H16BrNO2. The summed E-state index contributed by atoms with van der Waals surface area (Å²) in [6, 6.07) is 9.03. The number of hydrogen-bond donors (Lipinski definition) is 1. The number of ketones is 1. The molecule has 0 bridgehead atoms. The maximum Gasteiger partial charge on any atom is 0.197 e. The number of anilines is 1. The van der Waals surface area contributed by atoms with Crippen molar-refractivity contribution in [2.24, 2.45) is 0 Å². The van der Waals surface area contributed by atoms with E-state index in [-0.39, 0.29) is 5.78 Å². The van der Waals surface area contributed by atoms with E-state index in [1.807, 2.05) is 26.0 Å². The van der Waals surface area contributed by atoms with E-state index in [1.165, 1.54) is 7.11 Å². The minimum Gasteiger partial charge on any atom is -0.494 e. The third-order valence-electron chi connectivity index (χ3n) is 3.24. The lowest BCUT2D eigenvalue weighted by atomic mass is 9.96. The second-order valence-corrected chi connectivity index (χ2v) is 5.53. The summed E-state index contributed by atoms with van der Waals surface area (Å²) in [7, 11) is 1.52. The number of hydrogen-bond acceptors (Lipinski definition) is 3. The van der Waals surface area contributed by atoms with Crippen molar-refractivity contribution in [3.63, 3.8) is 0 Å². The predicted molar refractivity (Wildman–Crippen MR) is 84.5 cm³/mol. The second-order valence-electron chi connectivity index (χ2n) is 4.67. The van der Waals surface area contributed by atoms with Gasteiger partial charge in [-0.25, -0.2) is 0 Å². The number of benzene rings is 2. The van der Waals surface area contributed by atoms with Gasteiger partial charge in [-0.3, -0.25) is 4.79 Å². The van der Waals surface area contributed by atoms with Crippen LogP contribution in [-0.2, 0) is 0 Å². The molecule has 0 aliphatic rings. The Balaban J connectivity index is 2.58. The molecule has 0 atom stereocenters. The number of para-hydroxylation sites is 1. The van der Waals surface area contributed by atoms with E-state index < -0.39 is 0 Å². The van der Waals surface area contributed by atoms with E-state index >= 15 is 0 Å². The number of carbonyl (C=O) groups excluding carboxylic acids is 1. The fourth-order valence-corrected chi connectivity index (χ4v) is 2.59. The monoisotopic (exact) mass is 333 g/mol. The molecule has 2 aromatic rings. The highest BCUT2D eigenvalue weighted by Gasteiger charge is 2.18. The molecule has 4 heteroatoms. The van der Waals surface area contributed by atoms with Crippen molar-refractivity contribution in [3.05, 3.63) is 57.1 Å². The van der Waals surface area contributed by atoms with Crippen LogP contribution in [0.5, 0.6) is 5.75 Å². The van der Waals surface area contributed by atoms with Crippen LogP contribution in [0.1, 0.15) is 27.0 Å². The summed E-state index contributed by atoms with van der Waals surface area (Å²) in [6.45, 7) is 3.87. The van der Waals surface area contributed by atoms with Gasteiger partial charge in [0.05, 0.1) is 18.4 Å². The maximum atomic E-state index is 12.7. The van der Waals surface area contributed by atoms with E-state index in [2.05, 4.69) is 15.9 Å². The molecule has 0 aliphatic carbocycles. The Morgan fingerprint density at radius 3 is 2.50 bits per heavy atom. The van der Waals surface area contributed by atoms with Crippen molar-refractivity contribution in [1.29, 1.82) is 0 Å². The van der Waals surface area contributed by atoms with Gasteiger partial charge >= 0.3 is 0 Å². The molecule has 2 N–H and O–H groups in total. The molecule has 0 saturated heterocycles. The summed E-state index contributed by atoms with van der Waals surface area (Å²) >= 11 is 3.47. The topological polar surface area (TPSA) is 52.3 Å². The molecule has 3 nitrogen and oxygen atoms in total. The van der Waals surface area contributed by atoms with Crippen LogP contribution in [0.3, 0.4) is 0 Å². The summed E-state index contributed by atoms with van der Waals surface area (Å²) < 4.78 is 6.25. The highest BCUT2D eigenvalue weighted by Crippen LogP contribution is 2.30. The average molecular weight is 334 g/mol. The van der Waals surface area contributed by atoms with Gasteiger partial charge in [0.2, 0.25) is 0 Å². The fraction of sp³-hybridized carbons (Fsp3) is 0.188. The van der Waals surface area contributed by atoms with E-state index in [0.29, 0.717) is 22.6 Å². The fourth-order valence-electron chi connectivity index (χ4n) is 2.13. The number of nitrogens with two attached hydrogens (primary N) is 1. The van der Waals surface area contributed by atoms with Gasteiger partial charge in [0.1, 0.15) is 0 Å². The molecule has 104 valence electrons. The standard InChI is InChI=1S/C16H16BrNO2/c1-9-8-13(17)10(2)7-12(9)15(19)11-5-4-6-14(18)16(11)20-3/h4-8H,18H2,1-3H3. The summed E-state index contributed by atoms with van der Waals surface area (Å²) in [5, 5.41) is 0. The molecule has 0 aliphatic heterocycles. The smallest absolute Gasteiger partial charge is 0.197 e.